The highest BCUT2D eigenvalue weighted by Gasteiger charge is 2.05. The van der Waals surface area contributed by atoms with Gasteiger partial charge >= 0.3 is 0 Å². The second-order valence-electron chi connectivity index (χ2n) is 2.62. The molecule has 0 heterocycles. The average molecular weight is 199 g/mol. The van der Waals surface area contributed by atoms with Crippen LogP contribution in [0.4, 0.5) is 10.1 Å². The number of anilines is 1. The molecule has 0 amide bonds. The topological polar surface area (TPSA) is 35.8 Å². The summed E-state index contributed by atoms with van der Waals surface area (Å²) in [5, 5.41) is 11.6. The van der Waals surface area contributed by atoms with Gasteiger partial charge in [-0.2, -0.15) is 5.26 Å². The molecule has 1 rings (SSSR count). The summed E-state index contributed by atoms with van der Waals surface area (Å²) in [4.78, 5) is 0. The van der Waals surface area contributed by atoms with Crippen molar-refractivity contribution in [3.63, 3.8) is 0 Å². The van der Waals surface area contributed by atoms with E-state index in [2.05, 4.69) is 5.32 Å². The van der Waals surface area contributed by atoms with Crippen molar-refractivity contribution in [1.29, 1.82) is 5.26 Å². The molecule has 0 spiro atoms. The average Bonchev–Trinajstić information content (AvgIpc) is 2.11. The van der Waals surface area contributed by atoms with Crippen LogP contribution in [-0.2, 0) is 0 Å². The fraction of sp³-hybridized carbons (Fsp3) is 0.222. The van der Waals surface area contributed by atoms with Gasteiger partial charge in [-0.25, -0.2) is 4.39 Å². The van der Waals surface area contributed by atoms with E-state index in [4.69, 9.17) is 16.9 Å². The summed E-state index contributed by atoms with van der Waals surface area (Å²) in [6, 6.07) is 5.67. The van der Waals surface area contributed by atoms with Crippen molar-refractivity contribution in [2.75, 3.05) is 5.32 Å². The molecule has 0 aromatic heterocycles. The van der Waals surface area contributed by atoms with Gasteiger partial charge in [-0.3, -0.25) is 0 Å². The Balaban J connectivity index is 2.88. The molecule has 0 bridgehead atoms. The van der Waals surface area contributed by atoms with E-state index in [-0.39, 0.29) is 5.69 Å². The van der Waals surface area contributed by atoms with E-state index in [1.807, 2.05) is 6.07 Å². The van der Waals surface area contributed by atoms with Gasteiger partial charge in [0, 0.05) is 5.02 Å². The van der Waals surface area contributed by atoms with Crippen LogP contribution >= 0.6 is 11.6 Å². The Bertz CT molecular complexity index is 346. The van der Waals surface area contributed by atoms with Crippen molar-refractivity contribution in [2.45, 2.75) is 13.0 Å². The molecule has 13 heavy (non-hydrogen) atoms. The molecule has 0 saturated carbocycles. The lowest BCUT2D eigenvalue weighted by atomic mass is 10.2. The molecule has 0 aliphatic carbocycles. The molecular formula is C9H8ClFN2. The van der Waals surface area contributed by atoms with E-state index < -0.39 is 11.9 Å². The molecule has 1 unspecified atom stereocenters. The van der Waals surface area contributed by atoms with E-state index in [0.29, 0.717) is 5.02 Å². The predicted octanol–water partition coefficient (Wildman–Crippen LogP) is 2.80. The molecule has 0 aliphatic rings. The Morgan fingerprint density at radius 3 is 2.92 bits per heavy atom. The number of nitriles is 1. The number of hydrogen-bond donors (Lipinski definition) is 1. The van der Waals surface area contributed by atoms with Crippen molar-refractivity contribution in [2.24, 2.45) is 0 Å². The van der Waals surface area contributed by atoms with Crippen LogP contribution in [0.2, 0.25) is 5.02 Å². The highest BCUT2D eigenvalue weighted by molar-refractivity contribution is 6.30. The van der Waals surface area contributed by atoms with Crippen molar-refractivity contribution < 1.29 is 4.39 Å². The van der Waals surface area contributed by atoms with E-state index in [0.717, 1.165) is 0 Å². The summed E-state index contributed by atoms with van der Waals surface area (Å²) >= 11 is 5.65. The van der Waals surface area contributed by atoms with Crippen molar-refractivity contribution in [3.8, 4) is 6.07 Å². The number of hydrogen-bond acceptors (Lipinski definition) is 2. The first-order chi connectivity index (χ1) is 6.13. The van der Waals surface area contributed by atoms with Gasteiger partial charge in [0.15, 0.2) is 0 Å². The molecular weight excluding hydrogens is 191 g/mol. The number of benzene rings is 1. The summed E-state index contributed by atoms with van der Waals surface area (Å²) < 4.78 is 13.0. The summed E-state index contributed by atoms with van der Waals surface area (Å²) in [6.45, 7) is 1.64. The van der Waals surface area contributed by atoms with Gasteiger partial charge in [0.25, 0.3) is 0 Å². The van der Waals surface area contributed by atoms with E-state index >= 15 is 0 Å². The van der Waals surface area contributed by atoms with Gasteiger partial charge in [0.2, 0.25) is 0 Å². The van der Waals surface area contributed by atoms with E-state index in [1.54, 1.807) is 6.92 Å². The molecule has 68 valence electrons. The smallest absolute Gasteiger partial charge is 0.146 e. The van der Waals surface area contributed by atoms with Gasteiger partial charge < -0.3 is 5.32 Å². The largest absolute Gasteiger partial charge is 0.368 e. The fourth-order valence-electron chi connectivity index (χ4n) is 0.874. The SMILES string of the molecule is CC(C#N)Nc1cc(Cl)ccc1F. The van der Waals surface area contributed by atoms with Crippen LogP contribution in [0.5, 0.6) is 0 Å². The molecule has 0 fully saturated rings. The van der Waals surface area contributed by atoms with Gasteiger partial charge in [-0.15, -0.1) is 0 Å². The molecule has 0 saturated heterocycles. The molecule has 0 radical (unpaired) electrons. The Morgan fingerprint density at radius 2 is 2.31 bits per heavy atom. The lowest BCUT2D eigenvalue weighted by Crippen LogP contribution is -2.12. The summed E-state index contributed by atoms with van der Waals surface area (Å²) in [5.41, 5.74) is 0.251. The molecule has 1 aromatic carbocycles. The minimum absolute atomic E-state index is 0.251. The zero-order valence-corrected chi connectivity index (χ0v) is 7.77. The van der Waals surface area contributed by atoms with Gasteiger partial charge in [-0.05, 0) is 25.1 Å². The molecule has 0 aliphatic heterocycles. The highest BCUT2D eigenvalue weighted by atomic mass is 35.5. The first kappa shape index (κ1) is 9.82. The number of halogens is 2. The van der Waals surface area contributed by atoms with Crippen LogP contribution in [0.1, 0.15) is 6.92 Å². The first-order valence-electron chi connectivity index (χ1n) is 3.74. The van der Waals surface area contributed by atoms with Gasteiger partial charge in [-0.1, -0.05) is 11.6 Å². The van der Waals surface area contributed by atoms with Crippen LogP contribution in [0.15, 0.2) is 18.2 Å². The van der Waals surface area contributed by atoms with Crippen molar-refractivity contribution in [3.05, 3.63) is 29.0 Å². The third-order valence-corrected chi connectivity index (χ3v) is 1.73. The highest BCUT2D eigenvalue weighted by Crippen LogP contribution is 2.19. The third-order valence-electron chi connectivity index (χ3n) is 1.49. The number of rotatable bonds is 2. The monoisotopic (exact) mass is 198 g/mol. The molecule has 2 nitrogen and oxygen atoms in total. The minimum atomic E-state index is -0.437. The first-order valence-corrected chi connectivity index (χ1v) is 4.12. The van der Waals surface area contributed by atoms with E-state index in [1.165, 1.54) is 18.2 Å². The van der Waals surface area contributed by atoms with Crippen LogP contribution in [0.25, 0.3) is 0 Å². The maximum Gasteiger partial charge on any atom is 0.146 e. The summed E-state index contributed by atoms with van der Waals surface area (Å²) in [7, 11) is 0. The second kappa shape index (κ2) is 4.11. The van der Waals surface area contributed by atoms with Crippen molar-refractivity contribution >= 4 is 17.3 Å². The standard InChI is InChI=1S/C9H8ClFN2/c1-6(5-12)13-9-4-7(10)2-3-8(9)11/h2-4,6,13H,1H3. The lowest BCUT2D eigenvalue weighted by Gasteiger charge is -2.08. The van der Waals surface area contributed by atoms with E-state index in [9.17, 15) is 4.39 Å². The zero-order chi connectivity index (χ0) is 9.84. The Morgan fingerprint density at radius 1 is 1.62 bits per heavy atom. The van der Waals surface area contributed by atoms with Crippen LogP contribution in [-0.4, -0.2) is 6.04 Å². The third kappa shape index (κ3) is 2.60. The minimum Gasteiger partial charge on any atom is -0.368 e. The normalized spacial score (nSPS) is 11.8. The van der Waals surface area contributed by atoms with Crippen LogP contribution in [0.3, 0.4) is 0 Å². The van der Waals surface area contributed by atoms with Crippen LogP contribution in [0, 0.1) is 17.1 Å². The predicted molar refractivity (Wildman–Crippen MR) is 50.1 cm³/mol. The zero-order valence-electron chi connectivity index (χ0n) is 7.01. The Labute approximate surface area is 80.9 Å². The Kier molecular flexibility index (Phi) is 3.10. The second-order valence-corrected chi connectivity index (χ2v) is 3.06. The quantitative estimate of drug-likeness (QED) is 0.793. The maximum atomic E-state index is 13.0. The summed E-state index contributed by atoms with van der Waals surface area (Å²) in [5.74, 6) is -0.411. The molecule has 4 heteroatoms. The molecule has 1 N–H and O–H groups in total. The van der Waals surface area contributed by atoms with Gasteiger partial charge in [0.1, 0.15) is 11.9 Å². The summed E-state index contributed by atoms with van der Waals surface area (Å²) in [6.07, 6.45) is 0. The van der Waals surface area contributed by atoms with Crippen LogP contribution < -0.4 is 5.32 Å². The number of nitrogens with zero attached hydrogens (tertiary/aromatic N) is 1. The number of nitrogens with one attached hydrogen (secondary N) is 1. The molecule has 1 aromatic rings. The fourth-order valence-corrected chi connectivity index (χ4v) is 1.05. The maximum absolute atomic E-state index is 13.0. The molecule has 1 atom stereocenters. The lowest BCUT2D eigenvalue weighted by molar-refractivity contribution is 0.629. The Hall–Kier alpha value is -1.27. The van der Waals surface area contributed by atoms with Crippen molar-refractivity contribution in [1.82, 2.24) is 0 Å². The van der Waals surface area contributed by atoms with Gasteiger partial charge in [0.05, 0.1) is 11.8 Å².